The van der Waals surface area contributed by atoms with Crippen molar-refractivity contribution in [3.8, 4) is 5.75 Å². The lowest BCUT2D eigenvalue weighted by Crippen LogP contribution is -2.30. The minimum Gasteiger partial charge on any atom is -0.489 e. The van der Waals surface area contributed by atoms with Gasteiger partial charge in [0.1, 0.15) is 12.4 Å². The van der Waals surface area contributed by atoms with Gasteiger partial charge in [-0.25, -0.2) is 0 Å². The number of ether oxygens (including phenoxy) is 1. The van der Waals surface area contributed by atoms with E-state index in [0.717, 1.165) is 36.2 Å². The van der Waals surface area contributed by atoms with Crippen molar-refractivity contribution in [1.82, 2.24) is 10.3 Å². The Morgan fingerprint density at radius 1 is 1.19 bits per heavy atom. The van der Waals surface area contributed by atoms with Crippen molar-refractivity contribution in [2.75, 3.05) is 6.54 Å². The van der Waals surface area contributed by atoms with Crippen LogP contribution < -0.4 is 10.1 Å². The van der Waals surface area contributed by atoms with Crippen LogP contribution in [0.4, 0.5) is 0 Å². The number of aromatic amines is 1. The largest absolute Gasteiger partial charge is 0.489 e. The maximum absolute atomic E-state index is 6.05. The zero-order chi connectivity index (χ0) is 22.2. The molecule has 1 heterocycles. The molecule has 0 radical (unpaired) electrons. The second-order valence-corrected chi connectivity index (χ2v) is 8.04. The number of benzene rings is 2. The second-order valence-electron chi connectivity index (χ2n) is 8.04. The van der Waals surface area contributed by atoms with E-state index in [-0.39, 0.29) is 0 Å². The number of hydrogen-bond donors (Lipinski definition) is 2. The molecule has 2 N–H and O–H groups in total. The highest BCUT2D eigenvalue weighted by atomic mass is 16.5. The molecular formula is C28H34N2O. The van der Waals surface area contributed by atoms with Crippen molar-refractivity contribution in [1.29, 1.82) is 0 Å². The standard InChI is InChI=1S/C28H34N2O/c1-6-20(3)17-24(7-2)21(4)29-16-15-26-22(5)30-28-14-13-25(18-27(26)28)31-19-23-11-9-8-10-12-23/h6-14,18,21,29-30H,1,3,15-17,19H2,2,4-5H3/b24-7+. The zero-order valence-electron chi connectivity index (χ0n) is 19.0. The Morgan fingerprint density at radius 2 is 1.97 bits per heavy atom. The highest BCUT2D eigenvalue weighted by Crippen LogP contribution is 2.27. The van der Waals surface area contributed by atoms with Crippen LogP contribution in [0.1, 0.15) is 37.1 Å². The van der Waals surface area contributed by atoms with Gasteiger partial charge in [-0.2, -0.15) is 0 Å². The summed E-state index contributed by atoms with van der Waals surface area (Å²) in [7, 11) is 0. The Kier molecular flexibility index (Phi) is 7.91. The third-order valence-electron chi connectivity index (χ3n) is 5.81. The zero-order valence-corrected chi connectivity index (χ0v) is 19.0. The lowest BCUT2D eigenvalue weighted by Gasteiger charge is -2.18. The van der Waals surface area contributed by atoms with Crippen molar-refractivity contribution in [2.45, 2.75) is 46.3 Å². The Morgan fingerprint density at radius 3 is 2.68 bits per heavy atom. The van der Waals surface area contributed by atoms with E-state index in [4.69, 9.17) is 4.74 Å². The van der Waals surface area contributed by atoms with E-state index in [1.807, 2.05) is 30.3 Å². The first-order valence-electron chi connectivity index (χ1n) is 11.0. The minimum absolute atomic E-state index is 0.303. The van der Waals surface area contributed by atoms with Crippen LogP contribution in [0.25, 0.3) is 10.9 Å². The first-order valence-corrected chi connectivity index (χ1v) is 11.0. The Labute approximate surface area is 186 Å². The van der Waals surface area contributed by atoms with Gasteiger partial charge >= 0.3 is 0 Å². The molecule has 2 aromatic carbocycles. The number of fused-ring (bicyclic) bond motifs is 1. The van der Waals surface area contributed by atoms with Gasteiger partial charge in [0.15, 0.2) is 0 Å². The predicted molar refractivity (Wildman–Crippen MR) is 133 cm³/mol. The lowest BCUT2D eigenvalue weighted by atomic mass is 10.00. The summed E-state index contributed by atoms with van der Waals surface area (Å²) in [5.41, 5.74) is 7.29. The molecule has 0 aliphatic rings. The third kappa shape index (κ3) is 5.99. The molecule has 0 aliphatic heterocycles. The second kappa shape index (κ2) is 10.8. The first kappa shape index (κ1) is 22.6. The molecule has 1 unspecified atom stereocenters. The number of aromatic nitrogens is 1. The average molecular weight is 415 g/mol. The van der Waals surface area contributed by atoms with Gasteiger partial charge in [0.05, 0.1) is 0 Å². The summed E-state index contributed by atoms with van der Waals surface area (Å²) in [5, 5.41) is 4.91. The normalized spacial score (nSPS) is 12.7. The molecule has 3 aromatic rings. The quantitative estimate of drug-likeness (QED) is 0.272. The minimum atomic E-state index is 0.303. The molecule has 0 amide bonds. The van der Waals surface area contributed by atoms with Crippen molar-refractivity contribution < 1.29 is 4.74 Å². The molecule has 1 aromatic heterocycles. The van der Waals surface area contributed by atoms with Crippen LogP contribution in [-0.2, 0) is 13.0 Å². The van der Waals surface area contributed by atoms with Gasteiger partial charge in [-0.15, -0.1) is 0 Å². The van der Waals surface area contributed by atoms with Gasteiger partial charge in [-0.05, 0) is 69.5 Å². The number of aryl methyl sites for hydroxylation is 1. The molecule has 1 atom stereocenters. The average Bonchev–Trinajstić information content (AvgIpc) is 3.10. The van der Waals surface area contributed by atoms with E-state index in [0.29, 0.717) is 12.6 Å². The maximum atomic E-state index is 6.05. The third-order valence-corrected chi connectivity index (χ3v) is 5.81. The van der Waals surface area contributed by atoms with Gasteiger partial charge in [-0.1, -0.05) is 66.8 Å². The van der Waals surface area contributed by atoms with Crippen LogP contribution >= 0.6 is 0 Å². The molecular weight excluding hydrogens is 380 g/mol. The molecule has 3 rings (SSSR count). The van der Waals surface area contributed by atoms with Crippen LogP contribution in [0.2, 0.25) is 0 Å². The number of allylic oxidation sites excluding steroid dienone is 3. The highest BCUT2D eigenvalue weighted by Gasteiger charge is 2.12. The van der Waals surface area contributed by atoms with Crippen LogP contribution in [0, 0.1) is 6.92 Å². The fourth-order valence-electron chi connectivity index (χ4n) is 3.90. The molecule has 31 heavy (non-hydrogen) atoms. The molecule has 162 valence electrons. The lowest BCUT2D eigenvalue weighted by molar-refractivity contribution is 0.306. The van der Waals surface area contributed by atoms with Crippen molar-refractivity contribution in [2.24, 2.45) is 0 Å². The van der Waals surface area contributed by atoms with E-state index >= 15 is 0 Å². The van der Waals surface area contributed by atoms with E-state index in [2.05, 4.69) is 74.6 Å². The van der Waals surface area contributed by atoms with Gasteiger partial charge in [-0.3, -0.25) is 0 Å². The molecule has 0 saturated heterocycles. The number of nitrogens with one attached hydrogen (secondary N) is 2. The SMILES string of the molecule is C=CC(=C)C/C(=C\C)C(C)NCCc1c(C)[nH]c2ccc(OCc3ccccc3)cc12. The molecule has 3 nitrogen and oxygen atoms in total. The van der Waals surface area contributed by atoms with Gasteiger partial charge in [0, 0.05) is 22.6 Å². The smallest absolute Gasteiger partial charge is 0.120 e. The Bertz CT molecular complexity index is 1060. The van der Waals surface area contributed by atoms with E-state index < -0.39 is 0 Å². The van der Waals surface area contributed by atoms with E-state index in [1.165, 1.54) is 27.8 Å². The monoisotopic (exact) mass is 414 g/mol. The van der Waals surface area contributed by atoms with Crippen LogP contribution in [0.15, 0.2) is 85.0 Å². The maximum Gasteiger partial charge on any atom is 0.120 e. The molecule has 0 aliphatic carbocycles. The summed E-state index contributed by atoms with van der Waals surface area (Å²) >= 11 is 0. The predicted octanol–water partition coefficient (Wildman–Crippen LogP) is 6.65. The summed E-state index contributed by atoms with van der Waals surface area (Å²) in [4.78, 5) is 3.52. The fraction of sp³-hybridized carbons (Fsp3) is 0.286. The molecule has 3 heteroatoms. The van der Waals surface area contributed by atoms with E-state index in [1.54, 1.807) is 0 Å². The van der Waals surface area contributed by atoms with Crippen LogP contribution in [0.5, 0.6) is 5.75 Å². The summed E-state index contributed by atoms with van der Waals surface area (Å²) < 4.78 is 6.05. The van der Waals surface area contributed by atoms with Gasteiger partial charge in [0.2, 0.25) is 0 Å². The molecule has 0 saturated carbocycles. The molecule has 0 bridgehead atoms. The number of H-pyrrole nitrogens is 1. The number of hydrogen-bond acceptors (Lipinski definition) is 2. The summed E-state index contributed by atoms with van der Waals surface area (Å²) in [6.45, 7) is 15.8. The summed E-state index contributed by atoms with van der Waals surface area (Å²) in [5.74, 6) is 0.900. The topological polar surface area (TPSA) is 37.0 Å². The van der Waals surface area contributed by atoms with E-state index in [9.17, 15) is 0 Å². The van der Waals surface area contributed by atoms with Crippen molar-refractivity contribution in [3.05, 3.63) is 102 Å². The number of rotatable bonds is 11. The Balaban J connectivity index is 1.65. The molecule has 0 spiro atoms. The van der Waals surface area contributed by atoms with Crippen LogP contribution in [-0.4, -0.2) is 17.6 Å². The van der Waals surface area contributed by atoms with Crippen LogP contribution in [0.3, 0.4) is 0 Å². The van der Waals surface area contributed by atoms with Crippen molar-refractivity contribution >= 4 is 10.9 Å². The van der Waals surface area contributed by atoms with Gasteiger partial charge in [0.25, 0.3) is 0 Å². The molecule has 0 fully saturated rings. The summed E-state index contributed by atoms with van der Waals surface area (Å²) in [6, 6.07) is 16.9. The summed E-state index contributed by atoms with van der Waals surface area (Å²) in [6.07, 6.45) is 5.84. The Hall–Kier alpha value is -3.04. The fourth-order valence-corrected chi connectivity index (χ4v) is 3.90. The van der Waals surface area contributed by atoms with Crippen molar-refractivity contribution in [3.63, 3.8) is 0 Å². The first-order chi connectivity index (χ1) is 15.0. The van der Waals surface area contributed by atoms with Gasteiger partial charge < -0.3 is 15.0 Å². The highest BCUT2D eigenvalue weighted by molar-refractivity contribution is 5.86.